The lowest BCUT2D eigenvalue weighted by molar-refractivity contribution is -0.134. The minimum atomic E-state index is -0.610. The van der Waals surface area contributed by atoms with Crippen molar-refractivity contribution < 1.29 is 19.1 Å². The SMILES string of the molecule is CN(CC(=O)NC1CCC([C@H](N)C(=O)N2CCCC2C#N)CC1)C(=O)OCc1ccccc1. The van der Waals surface area contributed by atoms with E-state index in [0.29, 0.717) is 13.0 Å². The topological polar surface area (TPSA) is 129 Å². The summed E-state index contributed by atoms with van der Waals surface area (Å²) in [5.41, 5.74) is 7.14. The molecule has 0 spiro atoms. The van der Waals surface area contributed by atoms with E-state index < -0.39 is 12.1 Å². The maximum absolute atomic E-state index is 12.7. The zero-order valence-electron chi connectivity index (χ0n) is 19.1. The number of likely N-dealkylation sites (N-methyl/N-ethyl adjacent to an activating group) is 1. The molecule has 1 aromatic carbocycles. The number of carbonyl (C=O) groups is 3. The van der Waals surface area contributed by atoms with Crippen molar-refractivity contribution in [1.29, 1.82) is 5.26 Å². The monoisotopic (exact) mass is 455 g/mol. The molecule has 9 heteroatoms. The Labute approximate surface area is 194 Å². The van der Waals surface area contributed by atoms with Gasteiger partial charge in [-0.2, -0.15) is 5.26 Å². The van der Waals surface area contributed by atoms with E-state index in [1.807, 2.05) is 30.3 Å². The first-order chi connectivity index (χ1) is 15.9. The van der Waals surface area contributed by atoms with Gasteiger partial charge < -0.3 is 25.6 Å². The van der Waals surface area contributed by atoms with Gasteiger partial charge in [0.05, 0.1) is 12.1 Å². The number of benzene rings is 1. The molecule has 0 bridgehead atoms. The van der Waals surface area contributed by atoms with Crippen LogP contribution in [-0.2, 0) is 20.9 Å². The molecule has 2 atom stereocenters. The van der Waals surface area contributed by atoms with Gasteiger partial charge in [-0.3, -0.25) is 9.59 Å². The summed E-state index contributed by atoms with van der Waals surface area (Å²) in [4.78, 5) is 40.1. The van der Waals surface area contributed by atoms with Crippen LogP contribution in [0.1, 0.15) is 44.1 Å². The van der Waals surface area contributed by atoms with E-state index in [1.165, 1.54) is 11.9 Å². The number of nitriles is 1. The van der Waals surface area contributed by atoms with E-state index >= 15 is 0 Å². The van der Waals surface area contributed by atoms with Gasteiger partial charge in [0, 0.05) is 19.6 Å². The molecule has 0 aromatic heterocycles. The zero-order chi connectivity index (χ0) is 23.8. The second kappa shape index (κ2) is 11.7. The number of ether oxygens (including phenoxy) is 1. The van der Waals surface area contributed by atoms with Gasteiger partial charge in [-0.25, -0.2) is 4.79 Å². The summed E-state index contributed by atoms with van der Waals surface area (Å²) in [6.07, 6.45) is 3.91. The Bertz CT molecular complexity index is 863. The number of hydrogen-bond acceptors (Lipinski definition) is 6. The van der Waals surface area contributed by atoms with E-state index in [1.54, 1.807) is 4.90 Å². The number of nitrogens with one attached hydrogen (secondary N) is 1. The number of hydrogen-bond donors (Lipinski definition) is 2. The normalized spacial score (nSPS) is 23.3. The average Bonchev–Trinajstić information content (AvgIpc) is 3.31. The largest absolute Gasteiger partial charge is 0.445 e. The number of rotatable bonds is 7. The number of amides is 3. The Morgan fingerprint density at radius 3 is 2.58 bits per heavy atom. The van der Waals surface area contributed by atoms with Gasteiger partial charge in [0.1, 0.15) is 19.2 Å². The molecule has 3 N–H and O–H groups in total. The third-order valence-electron chi connectivity index (χ3n) is 6.51. The van der Waals surface area contributed by atoms with Crippen LogP contribution in [0.15, 0.2) is 30.3 Å². The number of likely N-dealkylation sites (tertiary alicyclic amines) is 1. The maximum atomic E-state index is 12.7. The molecule has 1 unspecified atom stereocenters. The van der Waals surface area contributed by atoms with Crippen molar-refractivity contribution in [1.82, 2.24) is 15.1 Å². The molecule has 1 aromatic rings. The van der Waals surface area contributed by atoms with Gasteiger partial charge in [0.15, 0.2) is 0 Å². The Hall–Kier alpha value is -3.12. The maximum Gasteiger partial charge on any atom is 0.410 e. The highest BCUT2D eigenvalue weighted by molar-refractivity contribution is 5.83. The third-order valence-corrected chi connectivity index (χ3v) is 6.51. The van der Waals surface area contributed by atoms with Gasteiger partial charge in [-0.15, -0.1) is 0 Å². The van der Waals surface area contributed by atoms with Crippen LogP contribution in [0.5, 0.6) is 0 Å². The van der Waals surface area contributed by atoms with E-state index in [2.05, 4.69) is 11.4 Å². The summed E-state index contributed by atoms with van der Waals surface area (Å²) in [5.74, 6) is -0.338. The molecular formula is C24H33N5O4. The van der Waals surface area contributed by atoms with Gasteiger partial charge in [0.2, 0.25) is 11.8 Å². The lowest BCUT2D eigenvalue weighted by atomic mass is 9.81. The molecule has 1 saturated carbocycles. The Kier molecular flexibility index (Phi) is 8.66. The quantitative estimate of drug-likeness (QED) is 0.645. The van der Waals surface area contributed by atoms with Crippen LogP contribution >= 0.6 is 0 Å². The predicted molar refractivity (Wildman–Crippen MR) is 121 cm³/mol. The van der Waals surface area contributed by atoms with Crippen molar-refractivity contribution in [2.24, 2.45) is 11.7 Å². The van der Waals surface area contributed by atoms with Gasteiger partial charge >= 0.3 is 6.09 Å². The molecule has 1 saturated heterocycles. The van der Waals surface area contributed by atoms with Crippen LogP contribution in [-0.4, -0.2) is 66.0 Å². The standard InChI is InChI=1S/C24H33N5O4/c1-28(24(32)33-16-17-6-3-2-4-7-17)15-21(30)27-19-11-9-18(10-12-19)22(26)23(31)29-13-5-8-20(29)14-25/h2-4,6-7,18-20,22H,5,8-13,15-16,26H2,1H3,(H,27,30)/t18?,19?,20?,22-/m0/s1. The molecule has 3 amide bonds. The Morgan fingerprint density at radius 1 is 1.21 bits per heavy atom. The summed E-state index contributed by atoms with van der Waals surface area (Å²) >= 11 is 0. The Balaban J connectivity index is 1.37. The minimum Gasteiger partial charge on any atom is -0.445 e. The van der Waals surface area contributed by atoms with Crippen molar-refractivity contribution in [3.8, 4) is 6.07 Å². The fourth-order valence-electron chi connectivity index (χ4n) is 4.56. The molecular weight excluding hydrogens is 422 g/mol. The van der Waals surface area contributed by atoms with Crippen molar-refractivity contribution in [2.75, 3.05) is 20.1 Å². The van der Waals surface area contributed by atoms with Gasteiger partial charge in [-0.05, 0) is 50.0 Å². The fraction of sp³-hybridized carbons (Fsp3) is 0.583. The van der Waals surface area contributed by atoms with E-state index in [9.17, 15) is 19.6 Å². The van der Waals surface area contributed by atoms with E-state index in [-0.39, 0.29) is 43.0 Å². The smallest absolute Gasteiger partial charge is 0.410 e. The van der Waals surface area contributed by atoms with E-state index in [0.717, 1.165) is 37.7 Å². The van der Waals surface area contributed by atoms with Crippen molar-refractivity contribution in [2.45, 2.75) is 63.3 Å². The van der Waals surface area contributed by atoms with Crippen LogP contribution in [0.2, 0.25) is 0 Å². The van der Waals surface area contributed by atoms with Gasteiger partial charge in [0.25, 0.3) is 0 Å². The highest BCUT2D eigenvalue weighted by Crippen LogP contribution is 2.28. The molecule has 1 heterocycles. The number of carbonyl (C=O) groups excluding carboxylic acids is 3. The number of nitrogens with zero attached hydrogens (tertiary/aromatic N) is 3. The lowest BCUT2D eigenvalue weighted by Gasteiger charge is -2.34. The highest BCUT2D eigenvalue weighted by Gasteiger charge is 2.36. The summed E-state index contributed by atoms with van der Waals surface area (Å²) in [6, 6.07) is 10.6. The predicted octanol–water partition coefficient (Wildman–Crippen LogP) is 1.77. The van der Waals surface area contributed by atoms with Crippen molar-refractivity contribution >= 4 is 17.9 Å². The fourth-order valence-corrected chi connectivity index (χ4v) is 4.56. The minimum absolute atomic E-state index is 0.0107. The van der Waals surface area contributed by atoms with Crippen LogP contribution in [0.4, 0.5) is 4.79 Å². The molecule has 178 valence electrons. The van der Waals surface area contributed by atoms with Crippen LogP contribution in [0.3, 0.4) is 0 Å². The second-order valence-corrected chi connectivity index (χ2v) is 8.92. The van der Waals surface area contributed by atoms with Crippen LogP contribution in [0, 0.1) is 17.2 Å². The van der Waals surface area contributed by atoms with Crippen LogP contribution < -0.4 is 11.1 Å². The van der Waals surface area contributed by atoms with Crippen molar-refractivity contribution in [3.05, 3.63) is 35.9 Å². The summed E-state index contributed by atoms with van der Waals surface area (Å²) < 4.78 is 5.24. The molecule has 2 aliphatic rings. The van der Waals surface area contributed by atoms with Crippen LogP contribution in [0.25, 0.3) is 0 Å². The van der Waals surface area contributed by atoms with Crippen molar-refractivity contribution in [3.63, 3.8) is 0 Å². The first-order valence-corrected chi connectivity index (χ1v) is 11.6. The molecule has 1 aliphatic heterocycles. The summed E-state index contributed by atoms with van der Waals surface area (Å²) in [7, 11) is 1.53. The molecule has 2 fully saturated rings. The highest BCUT2D eigenvalue weighted by atomic mass is 16.6. The summed E-state index contributed by atoms with van der Waals surface area (Å²) in [6.45, 7) is 0.661. The Morgan fingerprint density at radius 2 is 1.91 bits per heavy atom. The van der Waals surface area contributed by atoms with Gasteiger partial charge in [-0.1, -0.05) is 30.3 Å². The third kappa shape index (κ3) is 6.68. The molecule has 1 aliphatic carbocycles. The average molecular weight is 456 g/mol. The molecule has 33 heavy (non-hydrogen) atoms. The number of nitrogens with two attached hydrogens (primary N) is 1. The first kappa shape index (κ1) is 24.5. The lowest BCUT2D eigenvalue weighted by Crippen LogP contribution is -2.51. The second-order valence-electron chi connectivity index (χ2n) is 8.92. The first-order valence-electron chi connectivity index (χ1n) is 11.6. The molecule has 9 nitrogen and oxygen atoms in total. The molecule has 0 radical (unpaired) electrons. The summed E-state index contributed by atoms with van der Waals surface area (Å²) in [5, 5.41) is 12.2. The zero-order valence-corrected chi connectivity index (χ0v) is 19.1. The molecule has 3 rings (SSSR count). The van der Waals surface area contributed by atoms with E-state index in [4.69, 9.17) is 10.5 Å².